The van der Waals surface area contributed by atoms with Crippen molar-refractivity contribution in [2.75, 3.05) is 18.1 Å². The molecule has 0 fully saturated rings. The Morgan fingerprint density at radius 1 is 1.75 bits per heavy atom. The van der Waals surface area contributed by atoms with Gasteiger partial charge in [0, 0.05) is 25.4 Å². The summed E-state index contributed by atoms with van der Waals surface area (Å²) in [4.78, 5) is 15.6. The van der Waals surface area contributed by atoms with Crippen molar-refractivity contribution in [2.45, 2.75) is 11.7 Å². The molecule has 0 atom stereocenters. The van der Waals surface area contributed by atoms with E-state index in [1.165, 1.54) is 6.07 Å². The average Bonchev–Trinajstić information content (AvgIpc) is 2.52. The van der Waals surface area contributed by atoms with E-state index in [4.69, 9.17) is 0 Å². The molecule has 12 heavy (non-hydrogen) atoms. The maximum atomic E-state index is 11.4. The molecular formula is C7H9N3OS. The molecule has 0 amide bonds. The van der Waals surface area contributed by atoms with Crippen molar-refractivity contribution in [1.82, 2.24) is 9.55 Å². The molecule has 0 bridgehead atoms. The highest BCUT2D eigenvalue weighted by atomic mass is 32.2. The highest BCUT2D eigenvalue weighted by Gasteiger charge is 2.14. The normalized spacial score (nSPS) is 14.4. The zero-order valence-electron chi connectivity index (χ0n) is 6.70. The van der Waals surface area contributed by atoms with Gasteiger partial charge in [0.05, 0.1) is 0 Å². The number of anilines is 1. The first-order valence-corrected chi connectivity index (χ1v) is 4.72. The summed E-state index contributed by atoms with van der Waals surface area (Å²) in [6.07, 6.45) is 0. The first kappa shape index (κ1) is 7.67. The van der Waals surface area contributed by atoms with Gasteiger partial charge in [-0.15, -0.1) is 0 Å². The minimum Gasteiger partial charge on any atom is -0.373 e. The third-order valence-electron chi connectivity index (χ3n) is 1.78. The van der Waals surface area contributed by atoms with Crippen molar-refractivity contribution >= 4 is 17.6 Å². The molecule has 0 aliphatic carbocycles. The van der Waals surface area contributed by atoms with Crippen LogP contribution in [0.2, 0.25) is 0 Å². The Kier molecular flexibility index (Phi) is 1.80. The van der Waals surface area contributed by atoms with Gasteiger partial charge in [0.1, 0.15) is 5.82 Å². The summed E-state index contributed by atoms with van der Waals surface area (Å²) in [6.45, 7) is 0.788. The highest BCUT2D eigenvalue weighted by molar-refractivity contribution is 7.99. The number of rotatable bonds is 1. The van der Waals surface area contributed by atoms with Gasteiger partial charge in [0.2, 0.25) is 0 Å². The van der Waals surface area contributed by atoms with E-state index >= 15 is 0 Å². The minimum absolute atomic E-state index is 0.0364. The van der Waals surface area contributed by atoms with Crippen LogP contribution in [0, 0.1) is 0 Å². The van der Waals surface area contributed by atoms with E-state index < -0.39 is 0 Å². The van der Waals surface area contributed by atoms with Gasteiger partial charge >= 0.3 is 0 Å². The number of nitrogens with zero attached hydrogens (tertiary/aromatic N) is 2. The van der Waals surface area contributed by atoms with Gasteiger partial charge < -0.3 is 5.32 Å². The minimum atomic E-state index is 0.0364. The van der Waals surface area contributed by atoms with E-state index in [-0.39, 0.29) is 5.56 Å². The third-order valence-corrected chi connectivity index (χ3v) is 2.73. The molecular weight excluding hydrogens is 174 g/mol. The summed E-state index contributed by atoms with van der Waals surface area (Å²) in [7, 11) is 1.76. The van der Waals surface area contributed by atoms with Crippen LogP contribution in [0.4, 0.5) is 5.82 Å². The smallest absolute Gasteiger partial charge is 0.256 e. The van der Waals surface area contributed by atoms with Gasteiger partial charge in [-0.1, -0.05) is 11.8 Å². The monoisotopic (exact) mass is 183 g/mol. The second kappa shape index (κ2) is 2.82. The van der Waals surface area contributed by atoms with Gasteiger partial charge in [0.25, 0.3) is 5.56 Å². The predicted octanol–water partition coefficient (Wildman–Crippen LogP) is 0.391. The topological polar surface area (TPSA) is 46.9 Å². The highest BCUT2D eigenvalue weighted by Crippen LogP contribution is 2.21. The lowest BCUT2D eigenvalue weighted by Gasteiger charge is -2.02. The summed E-state index contributed by atoms with van der Waals surface area (Å²) >= 11 is 1.62. The first-order valence-electron chi connectivity index (χ1n) is 3.73. The summed E-state index contributed by atoms with van der Waals surface area (Å²) in [5.41, 5.74) is 0.0364. The Morgan fingerprint density at radius 3 is 3.33 bits per heavy atom. The summed E-state index contributed by atoms with van der Waals surface area (Å²) in [5.74, 6) is 1.61. The molecule has 0 saturated carbocycles. The van der Waals surface area contributed by atoms with E-state index in [9.17, 15) is 4.79 Å². The molecule has 2 heterocycles. The summed E-state index contributed by atoms with van der Waals surface area (Å²) in [5, 5.41) is 3.69. The third kappa shape index (κ3) is 1.10. The van der Waals surface area contributed by atoms with Gasteiger partial charge in [-0.05, 0) is 0 Å². The zero-order chi connectivity index (χ0) is 8.55. The van der Waals surface area contributed by atoms with Gasteiger partial charge in [-0.3, -0.25) is 9.36 Å². The lowest BCUT2D eigenvalue weighted by molar-refractivity contribution is 0.658. The Hall–Kier alpha value is -0.970. The molecule has 0 unspecified atom stereocenters. The van der Waals surface area contributed by atoms with Crippen LogP contribution >= 0.6 is 11.8 Å². The Bertz CT molecular complexity index is 360. The van der Waals surface area contributed by atoms with Crippen LogP contribution in [0.5, 0.6) is 0 Å². The number of nitrogens with one attached hydrogen (secondary N) is 1. The largest absolute Gasteiger partial charge is 0.373 e. The maximum absolute atomic E-state index is 11.4. The van der Waals surface area contributed by atoms with Crippen LogP contribution in [0.1, 0.15) is 0 Å². The van der Waals surface area contributed by atoms with Crippen LogP contribution in [0.15, 0.2) is 16.0 Å². The first-order chi connectivity index (χ1) is 5.81. The van der Waals surface area contributed by atoms with Crippen molar-refractivity contribution in [2.24, 2.45) is 0 Å². The quantitative estimate of drug-likeness (QED) is 0.640. The van der Waals surface area contributed by atoms with Crippen molar-refractivity contribution < 1.29 is 0 Å². The van der Waals surface area contributed by atoms with Gasteiger partial charge in [-0.25, -0.2) is 4.98 Å². The Morgan fingerprint density at radius 2 is 2.58 bits per heavy atom. The van der Waals surface area contributed by atoms with Crippen LogP contribution in [0.3, 0.4) is 0 Å². The molecule has 5 heteroatoms. The molecule has 1 aromatic rings. The van der Waals surface area contributed by atoms with E-state index in [1.807, 2.05) is 0 Å². The van der Waals surface area contributed by atoms with Crippen molar-refractivity contribution in [3.63, 3.8) is 0 Å². The lowest BCUT2D eigenvalue weighted by atomic mass is 10.5. The molecule has 4 nitrogen and oxygen atoms in total. The molecule has 0 saturated heterocycles. The number of thioether (sulfide) groups is 1. The molecule has 1 aliphatic heterocycles. The fraction of sp³-hybridized carbons (Fsp3) is 0.429. The van der Waals surface area contributed by atoms with Gasteiger partial charge in [-0.2, -0.15) is 0 Å². The number of aromatic nitrogens is 2. The molecule has 1 aromatic heterocycles. The second-order valence-electron chi connectivity index (χ2n) is 2.51. The average molecular weight is 183 g/mol. The Labute approximate surface area is 74.0 Å². The molecule has 0 radical (unpaired) electrons. The summed E-state index contributed by atoms with van der Waals surface area (Å²) < 4.78 is 1.70. The Balaban J connectivity index is 2.59. The van der Waals surface area contributed by atoms with E-state index in [0.717, 1.165) is 17.5 Å². The SMILES string of the molecule is CNc1cc(=O)n2c(n1)SCC2. The van der Waals surface area contributed by atoms with Crippen molar-refractivity contribution in [1.29, 1.82) is 0 Å². The fourth-order valence-corrected chi connectivity index (χ4v) is 2.11. The van der Waals surface area contributed by atoms with Crippen LogP contribution in [-0.4, -0.2) is 22.4 Å². The van der Waals surface area contributed by atoms with Crippen LogP contribution < -0.4 is 10.9 Å². The van der Waals surface area contributed by atoms with E-state index in [2.05, 4.69) is 10.3 Å². The fourth-order valence-electron chi connectivity index (χ4n) is 1.16. The number of hydrogen-bond donors (Lipinski definition) is 1. The molecule has 0 aromatic carbocycles. The second-order valence-corrected chi connectivity index (χ2v) is 3.57. The lowest BCUT2D eigenvalue weighted by Crippen LogP contribution is -2.19. The summed E-state index contributed by atoms with van der Waals surface area (Å²) in [6, 6.07) is 1.52. The predicted molar refractivity (Wildman–Crippen MR) is 48.8 cm³/mol. The van der Waals surface area contributed by atoms with Crippen LogP contribution in [0.25, 0.3) is 0 Å². The molecule has 1 N–H and O–H groups in total. The van der Waals surface area contributed by atoms with Crippen molar-refractivity contribution in [3.8, 4) is 0 Å². The van der Waals surface area contributed by atoms with Crippen LogP contribution in [-0.2, 0) is 6.54 Å². The van der Waals surface area contributed by atoms with Gasteiger partial charge in [0.15, 0.2) is 5.16 Å². The molecule has 64 valence electrons. The number of fused-ring (bicyclic) bond motifs is 1. The zero-order valence-corrected chi connectivity index (χ0v) is 7.52. The van der Waals surface area contributed by atoms with Crippen molar-refractivity contribution in [3.05, 3.63) is 16.4 Å². The number of hydrogen-bond acceptors (Lipinski definition) is 4. The molecule has 0 spiro atoms. The molecule has 2 rings (SSSR count). The van der Waals surface area contributed by atoms with E-state index in [1.54, 1.807) is 23.4 Å². The van der Waals surface area contributed by atoms with E-state index in [0.29, 0.717) is 5.82 Å². The maximum Gasteiger partial charge on any atom is 0.256 e. The standard InChI is InChI=1S/C7H9N3OS/c1-8-5-4-6(11)10-2-3-12-7(10)9-5/h4,8H,2-3H2,1H3. The molecule has 1 aliphatic rings.